The van der Waals surface area contributed by atoms with Crippen molar-refractivity contribution in [3.63, 3.8) is 0 Å². The molecule has 18 heavy (non-hydrogen) atoms. The molecule has 2 nitrogen and oxygen atoms in total. The Labute approximate surface area is 108 Å². The van der Waals surface area contributed by atoms with Crippen molar-refractivity contribution in [1.82, 2.24) is 0 Å². The van der Waals surface area contributed by atoms with Crippen molar-refractivity contribution in [2.75, 3.05) is 5.73 Å². The Morgan fingerprint density at radius 3 is 2.22 bits per heavy atom. The molecule has 2 rings (SSSR count). The Morgan fingerprint density at radius 2 is 1.61 bits per heavy atom. The molecular formula is C16H19NO. The van der Waals surface area contributed by atoms with Crippen LogP contribution >= 0.6 is 0 Å². The van der Waals surface area contributed by atoms with Crippen LogP contribution in [0.4, 0.5) is 5.69 Å². The molecule has 0 aromatic heterocycles. The van der Waals surface area contributed by atoms with E-state index in [2.05, 4.69) is 0 Å². The molecule has 2 aromatic carbocycles. The van der Waals surface area contributed by atoms with Gasteiger partial charge in [0.2, 0.25) is 0 Å². The predicted molar refractivity (Wildman–Crippen MR) is 75.3 cm³/mol. The standard InChI is InChI=1S/C16H19NO/c1-12-2-7-14(8-3-12)16(18)11-6-13-4-9-15(17)10-5-13/h2-5,7-10,16,18H,6,11,17H2,1H3/t16-/m1/s1. The summed E-state index contributed by atoms with van der Waals surface area (Å²) in [5.74, 6) is 0. The molecule has 0 heterocycles. The monoisotopic (exact) mass is 241 g/mol. The fourth-order valence-electron chi connectivity index (χ4n) is 1.94. The highest BCUT2D eigenvalue weighted by atomic mass is 16.3. The maximum atomic E-state index is 10.1. The van der Waals surface area contributed by atoms with E-state index in [0.717, 1.165) is 24.1 Å². The first-order chi connectivity index (χ1) is 8.65. The molecule has 94 valence electrons. The van der Waals surface area contributed by atoms with Gasteiger partial charge < -0.3 is 10.8 Å². The van der Waals surface area contributed by atoms with E-state index < -0.39 is 6.10 Å². The third-order valence-corrected chi connectivity index (χ3v) is 3.15. The van der Waals surface area contributed by atoms with Crippen LogP contribution in [0, 0.1) is 6.92 Å². The summed E-state index contributed by atoms with van der Waals surface area (Å²) in [7, 11) is 0. The second-order valence-electron chi connectivity index (χ2n) is 4.71. The van der Waals surface area contributed by atoms with Gasteiger partial charge in [0.1, 0.15) is 0 Å². The van der Waals surface area contributed by atoms with E-state index in [4.69, 9.17) is 5.73 Å². The van der Waals surface area contributed by atoms with Gasteiger partial charge in [0.15, 0.2) is 0 Å². The summed E-state index contributed by atoms with van der Waals surface area (Å²) in [4.78, 5) is 0. The quantitative estimate of drug-likeness (QED) is 0.807. The summed E-state index contributed by atoms with van der Waals surface area (Å²) in [6.07, 6.45) is 1.19. The molecule has 0 aliphatic heterocycles. The minimum atomic E-state index is -0.400. The zero-order valence-corrected chi connectivity index (χ0v) is 10.6. The molecule has 0 bridgehead atoms. The van der Waals surface area contributed by atoms with Crippen LogP contribution < -0.4 is 5.73 Å². The van der Waals surface area contributed by atoms with Crippen molar-refractivity contribution in [3.05, 3.63) is 65.2 Å². The molecule has 1 atom stereocenters. The molecular weight excluding hydrogens is 222 g/mol. The first-order valence-corrected chi connectivity index (χ1v) is 6.24. The smallest absolute Gasteiger partial charge is 0.0793 e. The second kappa shape index (κ2) is 5.69. The Balaban J connectivity index is 1.93. The van der Waals surface area contributed by atoms with Crippen molar-refractivity contribution >= 4 is 5.69 Å². The Hall–Kier alpha value is -1.80. The van der Waals surface area contributed by atoms with Crippen LogP contribution in [0.3, 0.4) is 0 Å². The number of nitrogens with two attached hydrogens (primary N) is 1. The zero-order chi connectivity index (χ0) is 13.0. The number of aliphatic hydroxyl groups excluding tert-OH is 1. The number of anilines is 1. The average molecular weight is 241 g/mol. The third-order valence-electron chi connectivity index (χ3n) is 3.15. The van der Waals surface area contributed by atoms with Crippen LogP contribution in [-0.2, 0) is 6.42 Å². The maximum Gasteiger partial charge on any atom is 0.0793 e. The summed E-state index contributed by atoms with van der Waals surface area (Å²) in [6.45, 7) is 2.05. The van der Waals surface area contributed by atoms with Gasteiger partial charge in [-0.3, -0.25) is 0 Å². The zero-order valence-electron chi connectivity index (χ0n) is 10.6. The molecule has 3 N–H and O–H groups in total. The number of aryl methyl sites for hydroxylation is 2. The number of benzene rings is 2. The largest absolute Gasteiger partial charge is 0.399 e. The fraction of sp³-hybridized carbons (Fsp3) is 0.250. The molecule has 0 radical (unpaired) electrons. The van der Waals surface area contributed by atoms with Crippen molar-refractivity contribution in [2.45, 2.75) is 25.9 Å². The highest BCUT2D eigenvalue weighted by Gasteiger charge is 2.07. The van der Waals surface area contributed by atoms with Crippen LogP contribution in [0.25, 0.3) is 0 Å². The van der Waals surface area contributed by atoms with E-state index in [1.165, 1.54) is 11.1 Å². The fourth-order valence-corrected chi connectivity index (χ4v) is 1.94. The summed E-state index contributed by atoms with van der Waals surface area (Å²) < 4.78 is 0. The van der Waals surface area contributed by atoms with Gasteiger partial charge in [-0.2, -0.15) is 0 Å². The van der Waals surface area contributed by atoms with Gasteiger partial charge in [0.05, 0.1) is 6.10 Å². The topological polar surface area (TPSA) is 46.2 Å². The molecule has 0 saturated carbocycles. The van der Waals surface area contributed by atoms with E-state index >= 15 is 0 Å². The van der Waals surface area contributed by atoms with Gasteiger partial charge >= 0.3 is 0 Å². The molecule has 0 saturated heterocycles. The van der Waals surface area contributed by atoms with E-state index in [1.54, 1.807) is 0 Å². The summed E-state index contributed by atoms with van der Waals surface area (Å²) in [5, 5.41) is 10.1. The normalized spacial score (nSPS) is 12.3. The SMILES string of the molecule is Cc1ccc([C@H](O)CCc2ccc(N)cc2)cc1. The van der Waals surface area contributed by atoms with Crippen molar-refractivity contribution in [3.8, 4) is 0 Å². The van der Waals surface area contributed by atoms with Gasteiger partial charge in [-0.05, 0) is 43.0 Å². The van der Waals surface area contributed by atoms with Crippen molar-refractivity contribution < 1.29 is 5.11 Å². The molecule has 0 amide bonds. The van der Waals surface area contributed by atoms with Crippen LogP contribution in [0.5, 0.6) is 0 Å². The van der Waals surface area contributed by atoms with Gasteiger partial charge in [-0.1, -0.05) is 42.0 Å². The lowest BCUT2D eigenvalue weighted by molar-refractivity contribution is 0.168. The molecule has 0 spiro atoms. The summed E-state index contributed by atoms with van der Waals surface area (Å²) in [6, 6.07) is 15.9. The minimum absolute atomic E-state index is 0.400. The highest BCUT2D eigenvalue weighted by molar-refractivity contribution is 5.39. The molecule has 0 aliphatic rings. The minimum Gasteiger partial charge on any atom is -0.399 e. The van der Waals surface area contributed by atoms with E-state index in [0.29, 0.717) is 0 Å². The number of nitrogen functional groups attached to an aromatic ring is 1. The Kier molecular flexibility index (Phi) is 4.00. The number of hydrogen-bond acceptors (Lipinski definition) is 2. The second-order valence-corrected chi connectivity index (χ2v) is 4.71. The lowest BCUT2D eigenvalue weighted by Crippen LogP contribution is -1.99. The third kappa shape index (κ3) is 3.34. The lowest BCUT2D eigenvalue weighted by atomic mass is 10.0. The van der Waals surface area contributed by atoms with Crippen molar-refractivity contribution in [1.29, 1.82) is 0 Å². The number of rotatable bonds is 4. The average Bonchev–Trinajstić information content (AvgIpc) is 2.38. The highest BCUT2D eigenvalue weighted by Crippen LogP contribution is 2.19. The molecule has 0 fully saturated rings. The van der Waals surface area contributed by atoms with Crippen LogP contribution in [0.2, 0.25) is 0 Å². The summed E-state index contributed by atoms with van der Waals surface area (Å²) in [5.41, 5.74) is 9.81. The lowest BCUT2D eigenvalue weighted by Gasteiger charge is -2.11. The molecule has 2 aromatic rings. The maximum absolute atomic E-state index is 10.1. The van der Waals surface area contributed by atoms with Crippen LogP contribution in [0.15, 0.2) is 48.5 Å². The first kappa shape index (κ1) is 12.7. The number of hydrogen-bond donors (Lipinski definition) is 2. The predicted octanol–water partition coefficient (Wildman–Crippen LogP) is 3.24. The van der Waals surface area contributed by atoms with Gasteiger partial charge in [-0.25, -0.2) is 0 Å². The van der Waals surface area contributed by atoms with E-state index in [-0.39, 0.29) is 0 Å². The van der Waals surface area contributed by atoms with Crippen molar-refractivity contribution in [2.24, 2.45) is 0 Å². The summed E-state index contributed by atoms with van der Waals surface area (Å²) >= 11 is 0. The van der Waals surface area contributed by atoms with Crippen LogP contribution in [-0.4, -0.2) is 5.11 Å². The molecule has 2 heteroatoms. The van der Waals surface area contributed by atoms with Gasteiger partial charge in [0.25, 0.3) is 0 Å². The molecule has 0 unspecified atom stereocenters. The number of aliphatic hydroxyl groups is 1. The van der Waals surface area contributed by atoms with E-state index in [9.17, 15) is 5.11 Å². The Morgan fingerprint density at radius 1 is 1.00 bits per heavy atom. The van der Waals surface area contributed by atoms with Gasteiger partial charge in [0, 0.05) is 5.69 Å². The molecule has 0 aliphatic carbocycles. The van der Waals surface area contributed by atoms with E-state index in [1.807, 2.05) is 55.5 Å². The van der Waals surface area contributed by atoms with Crippen LogP contribution in [0.1, 0.15) is 29.2 Å². The first-order valence-electron chi connectivity index (χ1n) is 6.24. The van der Waals surface area contributed by atoms with Gasteiger partial charge in [-0.15, -0.1) is 0 Å². The Bertz CT molecular complexity index is 488.